The molecule has 0 spiro atoms. The second kappa shape index (κ2) is 4.82. The number of rotatable bonds is 1. The summed E-state index contributed by atoms with van der Waals surface area (Å²) < 4.78 is 11.2. The zero-order chi connectivity index (χ0) is 12.4. The van der Waals surface area contributed by atoms with Crippen molar-refractivity contribution in [2.45, 2.75) is 6.42 Å². The highest BCUT2D eigenvalue weighted by atomic mass is 35.5. The van der Waals surface area contributed by atoms with Crippen LogP contribution < -0.4 is 9.47 Å². The maximum Gasteiger partial charge on any atom is 0.161 e. The first-order chi connectivity index (χ1) is 8.84. The predicted octanol–water partition coefficient (Wildman–Crippen LogP) is 2.96. The molecule has 1 aliphatic heterocycles. The summed E-state index contributed by atoms with van der Waals surface area (Å²) in [5.41, 5.74) is 1.71. The lowest BCUT2D eigenvalue weighted by Crippen LogP contribution is -1.97. The van der Waals surface area contributed by atoms with Gasteiger partial charge in [0.1, 0.15) is 11.5 Å². The Morgan fingerprint density at radius 3 is 2.78 bits per heavy atom. The third-order valence-corrected chi connectivity index (χ3v) is 3.02. The van der Waals surface area contributed by atoms with Crippen LogP contribution >= 0.6 is 11.6 Å². The molecular weight excluding hydrogens is 252 g/mol. The third-order valence-electron chi connectivity index (χ3n) is 2.72. The lowest BCUT2D eigenvalue weighted by molar-refractivity contribution is 0.297. The Morgan fingerprint density at radius 2 is 1.94 bits per heavy atom. The Morgan fingerprint density at radius 1 is 1.11 bits per heavy atom. The summed E-state index contributed by atoms with van der Waals surface area (Å²) in [5, 5.41) is 0.430. The van der Waals surface area contributed by atoms with Crippen LogP contribution in [0.4, 0.5) is 0 Å². The van der Waals surface area contributed by atoms with E-state index in [4.69, 9.17) is 21.1 Å². The number of hydrogen-bond donors (Lipinski definition) is 0. The number of nitrogens with zero attached hydrogens (tertiary/aromatic N) is 2. The lowest BCUT2D eigenvalue weighted by atomic mass is 10.1. The molecule has 2 heterocycles. The summed E-state index contributed by atoms with van der Waals surface area (Å²) in [6.07, 6.45) is 4.00. The second-order valence-electron chi connectivity index (χ2n) is 3.94. The zero-order valence-corrected chi connectivity index (χ0v) is 10.4. The fraction of sp³-hybridized carbons (Fsp3) is 0.231. The molecule has 1 aliphatic rings. The van der Waals surface area contributed by atoms with Crippen molar-refractivity contribution in [3.8, 4) is 22.6 Å². The minimum atomic E-state index is 0.430. The summed E-state index contributed by atoms with van der Waals surface area (Å²) in [6, 6.07) is 5.72. The molecule has 0 amide bonds. The van der Waals surface area contributed by atoms with Gasteiger partial charge in [0.05, 0.1) is 13.2 Å². The van der Waals surface area contributed by atoms with Crippen LogP contribution in [0.25, 0.3) is 11.1 Å². The van der Waals surface area contributed by atoms with Crippen LogP contribution in [0, 0.1) is 0 Å². The standard InChI is InChI=1S/C13H11ClN2O2/c14-13-10(7-15-8-16-13)9-2-3-11-12(6-9)18-5-1-4-17-11/h2-3,6-8H,1,4-5H2. The monoisotopic (exact) mass is 262 g/mol. The molecule has 0 unspecified atom stereocenters. The first-order valence-corrected chi connectivity index (χ1v) is 6.08. The van der Waals surface area contributed by atoms with E-state index in [1.54, 1.807) is 6.20 Å². The molecule has 0 atom stereocenters. The van der Waals surface area contributed by atoms with Crippen LogP contribution in [-0.2, 0) is 0 Å². The SMILES string of the molecule is Clc1ncncc1-c1ccc2c(c1)OCCCO2. The van der Waals surface area contributed by atoms with Gasteiger partial charge in [0.25, 0.3) is 0 Å². The van der Waals surface area contributed by atoms with Gasteiger partial charge in [0.2, 0.25) is 0 Å². The summed E-state index contributed by atoms with van der Waals surface area (Å²) in [4.78, 5) is 7.95. The van der Waals surface area contributed by atoms with Crippen LogP contribution in [0.1, 0.15) is 6.42 Å². The van der Waals surface area contributed by atoms with Crippen LogP contribution in [-0.4, -0.2) is 23.2 Å². The van der Waals surface area contributed by atoms with Crippen LogP contribution in [0.15, 0.2) is 30.7 Å². The van der Waals surface area contributed by atoms with Gasteiger partial charge < -0.3 is 9.47 Å². The van der Waals surface area contributed by atoms with Crippen molar-refractivity contribution in [1.29, 1.82) is 0 Å². The molecule has 0 saturated heterocycles. The zero-order valence-electron chi connectivity index (χ0n) is 9.60. The highest BCUT2D eigenvalue weighted by Gasteiger charge is 2.13. The number of fused-ring (bicyclic) bond motifs is 1. The van der Waals surface area contributed by atoms with E-state index in [9.17, 15) is 0 Å². The van der Waals surface area contributed by atoms with Crippen molar-refractivity contribution < 1.29 is 9.47 Å². The van der Waals surface area contributed by atoms with E-state index < -0.39 is 0 Å². The molecule has 0 radical (unpaired) electrons. The van der Waals surface area contributed by atoms with Crippen molar-refractivity contribution in [1.82, 2.24) is 9.97 Å². The summed E-state index contributed by atoms with van der Waals surface area (Å²) in [6.45, 7) is 1.34. The lowest BCUT2D eigenvalue weighted by Gasteiger charge is -2.09. The maximum absolute atomic E-state index is 6.05. The summed E-state index contributed by atoms with van der Waals surface area (Å²) in [7, 11) is 0. The fourth-order valence-corrected chi connectivity index (χ4v) is 2.04. The van der Waals surface area contributed by atoms with Crippen molar-refractivity contribution in [2.75, 3.05) is 13.2 Å². The Hall–Kier alpha value is -1.81. The number of benzene rings is 1. The molecule has 0 N–H and O–H groups in total. The number of aromatic nitrogens is 2. The average molecular weight is 263 g/mol. The predicted molar refractivity (Wildman–Crippen MR) is 68.1 cm³/mol. The van der Waals surface area contributed by atoms with Crippen molar-refractivity contribution >= 4 is 11.6 Å². The van der Waals surface area contributed by atoms with Crippen LogP contribution in [0.3, 0.4) is 0 Å². The van der Waals surface area contributed by atoms with E-state index >= 15 is 0 Å². The van der Waals surface area contributed by atoms with E-state index in [1.807, 2.05) is 18.2 Å². The molecule has 0 aliphatic carbocycles. The highest BCUT2D eigenvalue weighted by molar-refractivity contribution is 6.32. The molecule has 0 bridgehead atoms. The Balaban J connectivity index is 2.04. The molecule has 0 fully saturated rings. The van der Waals surface area contributed by atoms with E-state index in [2.05, 4.69) is 9.97 Å². The van der Waals surface area contributed by atoms with Gasteiger partial charge in [0, 0.05) is 18.2 Å². The van der Waals surface area contributed by atoms with Gasteiger partial charge in [-0.3, -0.25) is 0 Å². The number of halogens is 1. The highest BCUT2D eigenvalue weighted by Crippen LogP contribution is 2.35. The Bertz CT molecular complexity index is 575. The van der Waals surface area contributed by atoms with E-state index in [-0.39, 0.29) is 0 Å². The van der Waals surface area contributed by atoms with Crippen LogP contribution in [0.2, 0.25) is 5.15 Å². The van der Waals surface area contributed by atoms with Crippen molar-refractivity contribution in [3.05, 3.63) is 35.9 Å². The largest absolute Gasteiger partial charge is 0.490 e. The molecule has 1 aromatic carbocycles. The van der Waals surface area contributed by atoms with E-state index in [0.717, 1.165) is 29.0 Å². The fourth-order valence-electron chi connectivity index (χ4n) is 1.84. The molecule has 0 saturated carbocycles. The van der Waals surface area contributed by atoms with E-state index in [0.29, 0.717) is 18.4 Å². The molecule has 92 valence electrons. The van der Waals surface area contributed by atoms with Crippen molar-refractivity contribution in [3.63, 3.8) is 0 Å². The molecule has 18 heavy (non-hydrogen) atoms. The minimum absolute atomic E-state index is 0.430. The molecular formula is C13H11ClN2O2. The van der Waals surface area contributed by atoms with Gasteiger partial charge in [-0.05, 0) is 17.7 Å². The van der Waals surface area contributed by atoms with Gasteiger partial charge in [-0.25, -0.2) is 9.97 Å². The topological polar surface area (TPSA) is 44.2 Å². The first-order valence-electron chi connectivity index (χ1n) is 5.70. The van der Waals surface area contributed by atoms with Gasteiger partial charge in [-0.15, -0.1) is 0 Å². The molecule has 3 rings (SSSR count). The van der Waals surface area contributed by atoms with Gasteiger partial charge in [-0.1, -0.05) is 17.7 Å². The number of ether oxygens (including phenoxy) is 2. The minimum Gasteiger partial charge on any atom is -0.490 e. The second-order valence-corrected chi connectivity index (χ2v) is 4.30. The van der Waals surface area contributed by atoms with Gasteiger partial charge in [-0.2, -0.15) is 0 Å². The Labute approximate surface area is 110 Å². The third kappa shape index (κ3) is 2.11. The molecule has 2 aromatic rings. The van der Waals surface area contributed by atoms with E-state index in [1.165, 1.54) is 6.33 Å². The number of hydrogen-bond acceptors (Lipinski definition) is 4. The van der Waals surface area contributed by atoms with Gasteiger partial charge in [0.15, 0.2) is 11.5 Å². The quantitative estimate of drug-likeness (QED) is 0.741. The van der Waals surface area contributed by atoms with Crippen LogP contribution in [0.5, 0.6) is 11.5 Å². The summed E-state index contributed by atoms with van der Waals surface area (Å²) in [5.74, 6) is 1.51. The Kier molecular flexibility index (Phi) is 3.02. The van der Waals surface area contributed by atoms with Crippen molar-refractivity contribution in [2.24, 2.45) is 0 Å². The van der Waals surface area contributed by atoms with Gasteiger partial charge >= 0.3 is 0 Å². The average Bonchev–Trinajstić information content (AvgIpc) is 2.63. The smallest absolute Gasteiger partial charge is 0.161 e. The molecule has 4 nitrogen and oxygen atoms in total. The molecule has 1 aromatic heterocycles. The first kappa shape index (κ1) is 11.3. The summed E-state index contributed by atoms with van der Waals surface area (Å²) >= 11 is 6.05. The maximum atomic E-state index is 6.05. The molecule has 5 heteroatoms. The normalized spacial score (nSPS) is 14.1.